The summed E-state index contributed by atoms with van der Waals surface area (Å²) in [4.78, 5) is 2.58. The summed E-state index contributed by atoms with van der Waals surface area (Å²) in [5, 5.41) is 0. The molecule has 1 heteroatoms. The fourth-order valence-electron chi connectivity index (χ4n) is 12.4. The highest BCUT2D eigenvalue weighted by Gasteiger charge is 2.52. The normalized spacial score (nSPS) is 15.5. The molecule has 294 valence electrons. The molecule has 1 spiro atoms. The lowest BCUT2D eigenvalue weighted by molar-refractivity contribution is 0.660. The Morgan fingerprint density at radius 2 is 0.758 bits per heavy atom. The largest absolute Gasteiger partial charge is 0.310 e. The summed E-state index contributed by atoms with van der Waals surface area (Å²) in [5.41, 5.74) is 26.8. The maximum atomic E-state index is 2.58. The van der Waals surface area contributed by atoms with E-state index in [1.165, 1.54) is 106 Å². The molecule has 0 atom stereocenters. The first kappa shape index (κ1) is 35.5. The lowest BCUT2D eigenvalue weighted by atomic mass is 9.70. The van der Waals surface area contributed by atoms with Crippen LogP contribution in [0.4, 0.5) is 17.1 Å². The van der Waals surface area contributed by atoms with Crippen molar-refractivity contribution in [2.45, 2.75) is 43.9 Å². The van der Waals surface area contributed by atoms with E-state index in [2.05, 4.69) is 233 Å². The van der Waals surface area contributed by atoms with Gasteiger partial charge in [0, 0.05) is 27.8 Å². The van der Waals surface area contributed by atoms with Crippen LogP contribution in [0.5, 0.6) is 0 Å². The van der Waals surface area contributed by atoms with E-state index in [1.807, 2.05) is 0 Å². The highest BCUT2D eigenvalue weighted by molar-refractivity contribution is 6.02. The van der Waals surface area contributed by atoms with Gasteiger partial charge < -0.3 is 4.90 Å². The van der Waals surface area contributed by atoms with Crippen LogP contribution in [0.1, 0.15) is 72.2 Å². The second-order valence-corrected chi connectivity index (χ2v) is 18.8. The topological polar surface area (TPSA) is 3.24 Å². The summed E-state index contributed by atoms with van der Waals surface area (Å²) >= 11 is 0. The van der Waals surface area contributed by atoms with Crippen LogP contribution in [-0.2, 0) is 16.2 Å². The van der Waals surface area contributed by atoms with Gasteiger partial charge in [-0.05, 0) is 125 Å². The summed E-state index contributed by atoms with van der Waals surface area (Å²) < 4.78 is 0. The van der Waals surface area contributed by atoms with Crippen molar-refractivity contribution in [1.82, 2.24) is 0 Å². The summed E-state index contributed by atoms with van der Waals surface area (Å²) in [6.07, 6.45) is 0. The summed E-state index contributed by atoms with van der Waals surface area (Å²) in [6, 6.07) is 75.8. The van der Waals surface area contributed by atoms with Crippen molar-refractivity contribution in [3.8, 4) is 55.6 Å². The Hall–Kier alpha value is -7.22. The van der Waals surface area contributed by atoms with Gasteiger partial charge in [0.25, 0.3) is 0 Å². The van der Waals surface area contributed by atoms with Crippen LogP contribution in [0.25, 0.3) is 55.6 Å². The third-order valence-corrected chi connectivity index (χ3v) is 15.1. The maximum absolute atomic E-state index is 2.58. The Morgan fingerprint density at radius 1 is 0.290 bits per heavy atom. The number of anilines is 3. The minimum atomic E-state index is -0.437. The molecule has 4 aliphatic rings. The quantitative estimate of drug-likeness (QED) is 0.172. The zero-order chi connectivity index (χ0) is 41.5. The molecule has 0 N–H and O–H groups in total. The van der Waals surface area contributed by atoms with E-state index in [9.17, 15) is 0 Å². The fourth-order valence-corrected chi connectivity index (χ4v) is 12.4. The monoisotopic (exact) mass is 791 g/mol. The molecule has 0 bridgehead atoms. The SMILES string of the molecule is CC1(C)c2ccccc2-c2ccc(N(c3ccc4c(c3)-c3c(-c5ccccc5)cccc3C4(C)C)c3cccc4c3-c3ccccc3C43c4ccccc4-c4ccccc43)cc21. The average Bonchev–Trinajstić information content (AvgIpc) is 3.95. The van der Waals surface area contributed by atoms with Gasteiger partial charge in [-0.1, -0.05) is 198 Å². The van der Waals surface area contributed by atoms with Crippen LogP contribution in [0, 0.1) is 0 Å². The highest BCUT2D eigenvalue weighted by Crippen LogP contribution is 2.65. The van der Waals surface area contributed by atoms with Crippen molar-refractivity contribution in [1.29, 1.82) is 0 Å². The molecule has 62 heavy (non-hydrogen) atoms. The van der Waals surface area contributed by atoms with Crippen LogP contribution in [-0.4, -0.2) is 0 Å². The molecule has 9 aromatic carbocycles. The van der Waals surface area contributed by atoms with Crippen LogP contribution >= 0.6 is 0 Å². The van der Waals surface area contributed by atoms with Gasteiger partial charge in [0.2, 0.25) is 0 Å². The fraction of sp³-hybridized carbons (Fsp3) is 0.115. The Morgan fingerprint density at radius 3 is 1.47 bits per heavy atom. The minimum absolute atomic E-state index is 0.147. The zero-order valence-electron chi connectivity index (χ0n) is 35.5. The van der Waals surface area contributed by atoms with Crippen molar-refractivity contribution in [3.63, 3.8) is 0 Å². The lowest BCUT2D eigenvalue weighted by Crippen LogP contribution is -2.26. The van der Waals surface area contributed by atoms with E-state index < -0.39 is 5.41 Å². The van der Waals surface area contributed by atoms with Gasteiger partial charge in [-0.25, -0.2) is 0 Å². The minimum Gasteiger partial charge on any atom is -0.310 e. The molecule has 0 aliphatic heterocycles. The van der Waals surface area contributed by atoms with Gasteiger partial charge in [-0.3, -0.25) is 0 Å². The average molecular weight is 792 g/mol. The smallest absolute Gasteiger partial charge is 0.0726 e. The second kappa shape index (κ2) is 12.4. The number of hydrogen-bond donors (Lipinski definition) is 0. The molecule has 0 aromatic heterocycles. The standard InChI is InChI=1S/C61H45N/c1-59(2)49-35-33-39(36-47(49)57-41(24-16-29-53(57)59)38-18-6-5-7-19-38)62(40-32-34-45-42-20-8-12-25-48(42)60(3,4)55(45)37-40)56-31-17-30-54-58(56)46-23-11-15-28-52(46)61(54)50-26-13-9-21-43(50)44-22-10-14-27-51(44)61/h5-37H,1-4H3. The molecule has 0 heterocycles. The van der Waals surface area contributed by atoms with Gasteiger partial charge in [0.1, 0.15) is 0 Å². The highest BCUT2D eigenvalue weighted by atomic mass is 15.1. The molecule has 0 unspecified atom stereocenters. The molecule has 0 amide bonds. The van der Waals surface area contributed by atoms with Gasteiger partial charge in [-0.2, -0.15) is 0 Å². The van der Waals surface area contributed by atoms with Gasteiger partial charge in [0.05, 0.1) is 11.1 Å². The van der Waals surface area contributed by atoms with E-state index >= 15 is 0 Å². The van der Waals surface area contributed by atoms with Crippen LogP contribution in [0.3, 0.4) is 0 Å². The third kappa shape index (κ3) is 4.43. The van der Waals surface area contributed by atoms with E-state index in [1.54, 1.807) is 0 Å². The van der Waals surface area contributed by atoms with Crippen LogP contribution < -0.4 is 4.90 Å². The van der Waals surface area contributed by atoms with E-state index in [0.29, 0.717) is 0 Å². The molecule has 1 nitrogen and oxygen atoms in total. The van der Waals surface area contributed by atoms with E-state index in [-0.39, 0.29) is 10.8 Å². The van der Waals surface area contributed by atoms with Gasteiger partial charge in [-0.15, -0.1) is 0 Å². The molecule has 0 fully saturated rings. The van der Waals surface area contributed by atoms with Crippen molar-refractivity contribution < 1.29 is 0 Å². The molecular weight excluding hydrogens is 747 g/mol. The molecular formula is C61H45N. The first-order valence-corrected chi connectivity index (χ1v) is 22.1. The molecule has 13 rings (SSSR count). The number of benzene rings is 9. The zero-order valence-corrected chi connectivity index (χ0v) is 35.5. The predicted octanol–water partition coefficient (Wildman–Crippen LogP) is 15.8. The predicted molar refractivity (Wildman–Crippen MR) is 258 cm³/mol. The van der Waals surface area contributed by atoms with Gasteiger partial charge in [0.15, 0.2) is 0 Å². The molecule has 9 aromatic rings. The Balaban J connectivity index is 1.11. The van der Waals surface area contributed by atoms with Crippen LogP contribution in [0.15, 0.2) is 200 Å². The van der Waals surface area contributed by atoms with Crippen molar-refractivity contribution in [2.24, 2.45) is 0 Å². The maximum Gasteiger partial charge on any atom is 0.0726 e. The van der Waals surface area contributed by atoms with E-state index in [0.717, 1.165) is 11.4 Å². The lowest BCUT2D eigenvalue weighted by Gasteiger charge is -2.32. The molecule has 0 saturated carbocycles. The van der Waals surface area contributed by atoms with Crippen molar-refractivity contribution in [2.75, 3.05) is 4.90 Å². The molecule has 4 aliphatic carbocycles. The first-order valence-electron chi connectivity index (χ1n) is 22.1. The van der Waals surface area contributed by atoms with Crippen LogP contribution in [0.2, 0.25) is 0 Å². The number of rotatable bonds is 4. The van der Waals surface area contributed by atoms with Crippen molar-refractivity contribution >= 4 is 17.1 Å². The third-order valence-electron chi connectivity index (χ3n) is 15.1. The second-order valence-electron chi connectivity index (χ2n) is 18.8. The Labute approximate surface area is 364 Å². The summed E-state index contributed by atoms with van der Waals surface area (Å²) in [5.74, 6) is 0. The first-order chi connectivity index (χ1) is 30.3. The molecule has 0 radical (unpaired) electrons. The number of fused-ring (bicyclic) bond motifs is 16. The molecule has 0 saturated heterocycles. The summed E-state index contributed by atoms with van der Waals surface area (Å²) in [7, 11) is 0. The Kier molecular flexibility index (Phi) is 7.12. The number of nitrogens with zero attached hydrogens (tertiary/aromatic N) is 1. The summed E-state index contributed by atoms with van der Waals surface area (Å²) in [6.45, 7) is 9.56. The Bertz CT molecular complexity index is 3320. The van der Waals surface area contributed by atoms with Gasteiger partial charge >= 0.3 is 0 Å². The van der Waals surface area contributed by atoms with Crippen molar-refractivity contribution in [3.05, 3.63) is 245 Å². The number of hydrogen-bond acceptors (Lipinski definition) is 1. The van der Waals surface area contributed by atoms with E-state index in [4.69, 9.17) is 0 Å².